The van der Waals surface area contributed by atoms with Crippen LogP contribution in [0.1, 0.15) is 59.7 Å². The van der Waals surface area contributed by atoms with Gasteiger partial charge in [0.25, 0.3) is 0 Å². The minimum absolute atomic E-state index is 0.170. The van der Waals surface area contributed by atoms with E-state index in [1.165, 1.54) is 16.0 Å². The Hall–Kier alpha value is -2.90. The maximum absolute atomic E-state index is 12.1. The Morgan fingerprint density at radius 3 is 2.69 bits per heavy atom. The number of benzene rings is 1. The van der Waals surface area contributed by atoms with Crippen LogP contribution in [0.25, 0.3) is 16.1 Å². The number of nitrogens with zero attached hydrogens (tertiary/aromatic N) is 2. The summed E-state index contributed by atoms with van der Waals surface area (Å²) in [5.74, 6) is 0.170. The molecule has 0 amide bonds. The lowest BCUT2D eigenvalue weighted by molar-refractivity contribution is 0.0982. The molecule has 4 heteroatoms. The van der Waals surface area contributed by atoms with Crippen molar-refractivity contribution in [3.8, 4) is 22.2 Å². The molecule has 0 radical (unpaired) electrons. The number of unbranched alkanes of at least 4 members (excludes halogenated alkanes) is 1. The third-order valence-electron chi connectivity index (χ3n) is 5.09. The molecule has 0 atom stereocenters. The van der Waals surface area contributed by atoms with E-state index in [0.29, 0.717) is 12.0 Å². The van der Waals surface area contributed by atoms with Gasteiger partial charge in [-0.2, -0.15) is 5.26 Å². The number of thiophene rings is 1. The lowest BCUT2D eigenvalue weighted by Crippen LogP contribution is -1.98. The van der Waals surface area contributed by atoms with Crippen molar-refractivity contribution in [1.82, 2.24) is 4.57 Å². The van der Waals surface area contributed by atoms with Crippen molar-refractivity contribution in [2.75, 3.05) is 0 Å². The molecule has 3 nitrogen and oxygen atoms in total. The fourth-order valence-corrected chi connectivity index (χ4v) is 4.62. The van der Waals surface area contributed by atoms with Crippen molar-refractivity contribution >= 4 is 17.1 Å². The summed E-state index contributed by atoms with van der Waals surface area (Å²) in [6, 6.07) is 9.98. The summed E-state index contributed by atoms with van der Waals surface area (Å²) in [6.45, 7) is 7.96. The van der Waals surface area contributed by atoms with Crippen LogP contribution in [0, 0.1) is 18.3 Å². The van der Waals surface area contributed by atoms with Gasteiger partial charge in [0.2, 0.25) is 0 Å². The first-order chi connectivity index (χ1) is 14.1. The summed E-state index contributed by atoms with van der Waals surface area (Å²) < 4.78 is 1.98. The zero-order valence-electron chi connectivity index (χ0n) is 17.1. The average Bonchev–Trinajstić information content (AvgIpc) is 3.32. The van der Waals surface area contributed by atoms with Crippen LogP contribution in [0.5, 0.6) is 0 Å². The van der Waals surface area contributed by atoms with Crippen LogP contribution < -0.4 is 0 Å². The third kappa shape index (κ3) is 4.58. The van der Waals surface area contributed by atoms with Gasteiger partial charge in [0.05, 0.1) is 5.56 Å². The highest BCUT2D eigenvalue weighted by Crippen LogP contribution is 2.36. The van der Waals surface area contributed by atoms with Gasteiger partial charge < -0.3 is 4.57 Å². The van der Waals surface area contributed by atoms with Gasteiger partial charge in [0, 0.05) is 40.5 Å². The van der Waals surface area contributed by atoms with Crippen molar-refractivity contribution in [3.63, 3.8) is 0 Å². The van der Waals surface area contributed by atoms with Gasteiger partial charge in [0.1, 0.15) is 6.07 Å². The molecule has 2 aromatic heterocycles. The van der Waals surface area contributed by atoms with Crippen molar-refractivity contribution in [2.45, 2.75) is 46.0 Å². The molecule has 3 rings (SSSR count). The van der Waals surface area contributed by atoms with E-state index in [1.54, 1.807) is 11.3 Å². The average molecular weight is 403 g/mol. The molecule has 29 heavy (non-hydrogen) atoms. The second kappa shape index (κ2) is 9.54. The zero-order valence-corrected chi connectivity index (χ0v) is 17.9. The number of carbonyl (C=O) groups excluding carboxylic acids is 1. The number of rotatable bonds is 9. The van der Waals surface area contributed by atoms with Crippen LogP contribution >= 0.6 is 11.3 Å². The van der Waals surface area contributed by atoms with Crippen molar-refractivity contribution in [2.24, 2.45) is 0 Å². The standard InChI is InChI=1S/C25H26N2OS/c1-4-6-7-9-22-18(3)17-29-25(22)23-16-27(15-20(23)14-26)21-12-10-19(11-13-21)24(28)8-5-2/h4,10-13,15-17H,1,5-9H2,2-3H3. The topological polar surface area (TPSA) is 45.8 Å². The molecule has 0 saturated heterocycles. The molecule has 0 fully saturated rings. The number of aromatic nitrogens is 1. The normalized spacial score (nSPS) is 10.7. The number of hydrogen-bond donors (Lipinski definition) is 0. The highest BCUT2D eigenvalue weighted by Gasteiger charge is 2.17. The Balaban J connectivity index is 1.94. The summed E-state index contributed by atoms with van der Waals surface area (Å²) >= 11 is 1.70. The van der Waals surface area contributed by atoms with E-state index in [2.05, 4.69) is 25.0 Å². The van der Waals surface area contributed by atoms with Crippen molar-refractivity contribution in [3.05, 3.63) is 76.9 Å². The fourth-order valence-electron chi connectivity index (χ4n) is 3.49. The lowest BCUT2D eigenvalue weighted by atomic mass is 10.0. The van der Waals surface area contributed by atoms with E-state index >= 15 is 0 Å². The maximum Gasteiger partial charge on any atom is 0.162 e. The number of ketones is 1. The first-order valence-corrected chi connectivity index (χ1v) is 10.9. The predicted molar refractivity (Wildman–Crippen MR) is 121 cm³/mol. The SMILES string of the molecule is C=CCCCc1c(C)csc1-c1cn(-c2ccc(C(=O)CCC)cc2)cc1C#N. The summed E-state index contributed by atoms with van der Waals surface area (Å²) in [4.78, 5) is 13.3. The van der Waals surface area contributed by atoms with Gasteiger partial charge in [0.15, 0.2) is 5.78 Å². The van der Waals surface area contributed by atoms with E-state index in [0.717, 1.165) is 42.5 Å². The second-order valence-electron chi connectivity index (χ2n) is 7.23. The molecule has 0 aliphatic heterocycles. The third-order valence-corrected chi connectivity index (χ3v) is 6.27. The van der Waals surface area contributed by atoms with Crippen LogP contribution in [0.4, 0.5) is 0 Å². The van der Waals surface area contributed by atoms with Gasteiger partial charge in [-0.05, 0) is 73.4 Å². The lowest BCUT2D eigenvalue weighted by Gasteiger charge is -2.06. The maximum atomic E-state index is 12.1. The van der Waals surface area contributed by atoms with Gasteiger partial charge in [-0.25, -0.2) is 0 Å². The van der Waals surface area contributed by atoms with Crippen LogP contribution in [-0.4, -0.2) is 10.4 Å². The summed E-state index contributed by atoms with van der Waals surface area (Å²) in [5, 5.41) is 11.9. The molecule has 0 aliphatic rings. The Kier molecular flexibility index (Phi) is 6.85. The van der Waals surface area contributed by atoms with E-state index in [9.17, 15) is 10.1 Å². The van der Waals surface area contributed by atoms with E-state index in [4.69, 9.17) is 0 Å². The Morgan fingerprint density at radius 2 is 2.03 bits per heavy atom. The smallest absolute Gasteiger partial charge is 0.162 e. The van der Waals surface area contributed by atoms with Gasteiger partial charge in [-0.15, -0.1) is 17.9 Å². The van der Waals surface area contributed by atoms with Gasteiger partial charge >= 0.3 is 0 Å². The van der Waals surface area contributed by atoms with Crippen molar-refractivity contribution in [1.29, 1.82) is 5.26 Å². The number of Topliss-reactive ketones (excluding diaryl/α,β-unsaturated/α-hetero) is 1. The zero-order chi connectivity index (χ0) is 20.8. The molecule has 1 aromatic carbocycles. The molecule has 0 bridgehead atoms. The van der Waals surface area contributed by atoms with Gasteiger partial charge in [-0.1, -0.05) is 13.0 Å². The highest BCUT2D eigenvalue weighted by atomic mass is 32.1. The monoisotopic (exact) mass is 402 g/mol. The number of carbonyl (C=O) groups is 1. The van der Waals surface area contributed by atoms with E-state index in [1.807, 2.05) is 54.2 Å². The minimum Gasteiger partial charge on any atom is -0.322 e. The molecule has 0 N–H and O–H groups in total. The molecule has 148 valence electrons. The van der Waals surface area contributed by atoms with Crippen LogP contribution in [-0.2, 0) is 6.42 Å². The first kappa shape index (κ1) is 20.8. The van der Waals surface area contributed by atoms with E-state index in [-0.39, 0.29) is 5.78 Å². The Labute approximate surface area is 176 Å². The predicted octanol–water partition coefficient (Wildman–Crippen LogP) is 6.88. The summed E-state index contributed by atoms with van der Waals surface area (Å²) in [6.07, 6.45) is 10.3. The molecule has 0 unspecified atom stereocenters. The van der Waals surface area contributed by atoms with E-state index < -0.39 is 0 Å². The summed E-state index contributed by atoms with van der Waals surface area (Å²) in [5.41, 5.74) is 5.94. The molecule has 2 heterocycles. The molecule has 0 saturated carbocycles. The molecule has 3 aromatic rings. The van der Waals surface area contributed by atoms with Crippen LogP contribution in [0.3, 0.4) is 0 Å². The second-order valence-corrected chi connectivity index (χ2v) is 8.11. The number of hydrogen-bond acceptors (Lipinski definition) is 3. The Morgan fingerprint density at radius 1 is 1.28 bits per heavy atom. The number of nitriles is 1. The highest BCUT2D eigenvalue weighted by molar-refractivity contribution is 7.14. The largest absolute Gasteiger partial charge is 0.322 e. The quantitative estimate of drug-likeness (QED) is 0.222. The van der Waals surface area contributed by atoms with Gasteiger partial charge in [-0.3, -0.25) is 4.79 Å². The fraction of sp³-hybridized carbons (Fsp3) is 0.280. The van der Waals surface area contributed by atoms with Crippen LogP contribution in [0.2, 0.25) is 0 Å². The molecular weight excluding hydrogens is 376 g/mol. The number of allylic oxidation sites excluding steroid dienone is 1. The van der Waals surface area contributed by atoms with Crippen LogP contribution in [0.15, 0.2) is 54.7 Å². The molecule has 0 aliphatic carbocycles. The number of aryl methyl sites for hydroxylation is 1. The molecule has 0 spiro atoms. The van der Waals surface area contributed by atoms with Crippen molar-refractivity contribution < 1.29 is 4.79 Å². The molecular formula is C25H26N2OS. The summed E-state index contributed by atoms with van der Waals surface area (Å²) in [7, 11) is 0. The minimum atomic E-state index is 0.170. The Bertz CT molecular complexity index is 1050. The first-order valence-electron chi connectivity index (χ1n) is 10.0.